The van der Waals surface area contributed by atoms with Gasteiger partial charge in [0.1, 0.15) is 5.75 Å². The van der Waals surface area contributed by atoms with Crippen molar-refractivity contribution in [2.24, 2.45) is 0 Å². The molecule has 0 spiro atoms. The number of imidazole rings is 1. The summed E-state index contributed by atoms with van der Waals surface area (Å²) in [6.07, 6.45) is 9.48. The van der Waals surface area contributed by atoms with Gasteiger partial charge in [-0.1, -0.05) is 12.1 Å². The predicted molar refractivity (Wildman–Crippen MR) is 95.8 cm³/mol. The lowest BCUT2D eigenvalue weighted by molar-refractivity contribution is 0.414. The van der Waals surface area contributed by atoms with E-state index in [4.69, 9.17) is 4.74 Å². The van der Waals surface area contributed by atoms with E-state index in [9.17, 15) is 0 Å². The number of rotatable bonds is 7. The Labute approximate surface area is 140 Å². The number of ether oxygens (including phenoxy) is 1. The average Bonchev–Trinajstić information content (AvgIpc) is 3.21. The van der Waals surface area contributed by atoms with Crippen molar-refractivity contribution in [3.63, 3.8) is 0 Å². The maximum atomic E-state index is 5.21. The van der Waals surface area contributed by atoms with Gasteiger partial charge in [0.05, 0.1) is 17.5 Å². The molecule has 0 N–H and O–H groups in total. The molecule has 0 radical (unpaired) electrons. The van der Waals surface area contributed by atoms with Crippen LogP contribution in [0.25, 0.3) is 0 Å². The van der Waals surface area contributed by atoms with Gasteiger partial charge in [-0.15, -0.1) is 23.5 Å². The van der Waals surface area contributed by atoms with E-state index in [2.05, 4.69) is 63.5 Å². The quantitative estimate of drug-likeness (QED) is 0.762. The molecule has 3 rings (SSSR count). The van der Waals surface area contributed by atoms with Gasteiger partial charge in [0, 0.05) is 30.4 Å². The van der Waals surface area contributed by atoms with Crippen LogP contribution in [0.4, 0.5) is 0 Å². The number of aromatic nitrogens is 2. The second kappa shape index (κ2) is 7.47. The molecule has 5 heteroatoms. The monoisotopic (exact) mass is 334 g/mol. The average molecular weight is 335 g/mol. The lowest BCUT2D eigenvalue weighted by atomic mass is 10.1. The third kappa shape index (κ3) is 4.02. The number of thioether (sulfide) groups is 2. The van der Waals surface area contributed by atoms with Gasteiger partial charge in [0.2, 0.25) is 0 Å². The van der Waals surface area contributed by atoms with Crippen LogP contribution < -0.4 is 4.74 Å². The van der Waals surface area contributed by atoms with Crippen LogP contribution in [-0.2, 0) is 13.0 Å². The van der Waals surface area contributed by atoms with Crippen molar-refractivity contribution in [3.8, 4) is 5.75 Å². The molecule has 0 amide bonds. The van der Waals surface area contributed by atoms with Gasteiger partial charge in [0.15, 0.2) is 0 Å². The molecule has 1 aliphatic heterocycles. The van der Waals surface area contributed by atoms with E-state index in [-0.39, 0.29) is 0 Å². The van der Waals surface area contributed by atoms with Crippen LogP contribution in [0.1, 0.15) is 18.4 Å². The van der Waals surface area contributed by atoms with Crippen LogP contribution in [0.5, 0.6) is 5.75 Å². The molecule has 22 heavy (non-hydrogen) atoms. The van der Waals surface area contributed by atoms with Crippen LogP contribution >= 0.6 is 23.5 Å². The highest BCUT2D eigenvalue weighted by molar-refractivity contribution is 8.21. The second-order valence-electron chi connectivity index (χ2n) is 5.54. The molecule has 1 aliphatic rings. The van der Waals surface area contributed by atoms with Gasteiger partial charge in [0.25, 0.3) is 0 Å². The van der Waals surface area contributed by atoms with Crippen LogP contribution in [0.15, 0.2) is 43.0 Å². The molecule has 1 saturated heterocycles. The summed E-state index contributed by atoms with van der Waals surface area (Å²) in [4.78, 5) is 4.17. The molecule has 1 aromatic carbocycles. The molecule has 1 aromatic heterocycles. The fourth-order valence-corrected chi connectivity index (χ4v) is 6.13. The van der Waals surface area contributed by atoms with Gasteiger partial charge >= 0.3 is 0 Å². The van der Waals surface area contributed by atoms with E-state index < -0.39 is 0 Å². The first-order chi connectivity index (χ1) is 10.8. The minimum Gasteiger partial charge on any atom is -0.497 e. The summed E-state index contributed by atoms with van der Waals surface area (Å²) < 4.78 is 7.76. The van der Waals surface area contributed by atoms with E-state index in [1.54, 1.807) is 7.11 Å². The maximum Gasteiger partial charge on any atom is 0.118 e. The number of aryl methyl sites for hydroxylation is 1. The fraction of sp³-hybridized carbons (Fsp3) is 0.471. The van der Waals surface area contributed by atoms with Crippen molar-refractivity contribution in [3.05, 3.63) is 48.5 Å². The first kappa shape index (κ1) is 15.8. The van der Waals surface area contributed by atoms with Crippen molar-refractivity contribution in [2.75, 3.05) is 18.6 Å². The van der Waals surface area contributed by atoms with E-state index in [0.29, 0.717) is 4.08 Å². The summed E-state index contributed by atoms with van der Waals surface area (Å²) in [5, 5.41) is 0. The standard InChI is InChI=1S/C17H22N2OS2/c1-20-16-6-4-15(5-7-16)3-2-8-17(21-11-12-22-17)13-19-10-9-18-14-19/h4-7,9-10,14H,2-3,8,11-13H2,1H3. The normalized spacial score (nSPS) is 16.8. The van der Waals surface area contributed by atoms with Crippen molar-refractivity contribution in [1.29, 1.82) is 0 Å². The fourth-order valence-electron chi connectivity index (χ4n) is 2.82. The number of hydrogen-bond acceptors (Lipinski definition) is 4. The van der Waals surface area contributed by atoms with Gasteiger partial charge in [-0.3, -0.25) is 0 Å². The van der Waals surface area contributed by atoms with Crippen molar-refractivity contribution in [2.45, 2.75) is 29.9 Å². The first-order valence-electron chi connectivity index (χ1n) is 7.66. The number of methoxy groups -OCH3 is 1. The zero-order chi connectivity index (χ0) is 15.3. The first-order valence-corrected chi connectivity index (χ1v) is 9.63. The Kier molecular flexibility index (Phi) is 5.37. The van der Waals surface area contributed by atoms with Crippen LogP contribution in [0.3, 0.4) is 0 Å². The van der Waals surface area contributed by atoms with Crippen LogP contribution in [-0.4, -0.2) is 32.2 Å². The Morgan fingerprint density at radius 3 is 2.64 bits per heavy atom. The summed E-state index contributed by atoms with van der Waals surface area (Å²) in [5.74, 6) is 3.46. The van der Waals surface area contributed by atoms with Gasteiger partial charge < -0.3 is 9.30 Å². The Bertz CT molecular complexity index is 563. The van der Waals surface area contributed by atoms with Crippen LogP contribution in [0.2, 0.25) is 0 Å². The summed E-state index contributed by atoms with van der Waals surface area (Å²) in [6.45, 7) is 1.06. The highest BCUT2D eigenvalue weighted by Crippen LogP contribution is 2.48. The molecule has 2 aromatic rings. The Morgan fingerprint density at radius 1 is 1.23 bits per heavy atom. The summed E-state index contributed by atoms with van der Waals surface area (Å²) in [5.41, 5.74) is 1.39. The minimum atomic E-state index is 0.327. The summed E-state index contributed by atoms with van der Waals surface area (Å²) in [7, 11) is 1.71. The van der Waals surface area contributed by atoms with Crippen LogP contribution in [0, 0.1) is 0 Å². The third-order valence-corrected chi connectivity index (χ3v) is 7.48. The largest absolute Gasteiger partial charge is 0.497 e. The Morgan fingerprint density at radius 2 is 2.00 bits per heavy atom. The molecule has 0 atom stereocenters. The molecule has 118 valence electrons. The molecule has 0 saturated carbocycles. The van der Waals surface area contributed by atoms with E-state index >= 15 is 0 Å². The van der Waals surface area contributed by atoms with Crippen molar-refractivity contribution >= 4 is 23.5 Å². The van der Waals surface area contributed by atoms with E-state index in [0.717, 1.165) is 18.7 Å². The van der Waals surface area contributed by atoms with Gasteiger partial charge in [-0.05, 0) is 37.0 Å². The topological polar surface area (TPSA) is 27.1 Å². The molecule has 0 unspecified atom stereocenters. The number of benzene rings is 1. The van der Waals surface area contributed by atoms with E-state index in [1.807, 2.05) is 12.5 Å². The zero-order valence-corrected chi connectivity index (χ0v) is 14.5. The molecule has 2 heterocycles. The minimum absolute atomic E-state index is 0.327. The number of nitrogens with zero attached hydrogens (tertiary/aromatic N) is 2. The molecule has 3 nitrogen and oxygen atoms in total. The lowest BCUT2D eigenvalue weighted by Crippen LogP contribution is -2.24. The van der Waals surface area contributed by atoms with Gasteiger partial charge in [-0.2, -0.15) is 0 Å². The third-order valence-electron chi connectivity index (χ3n) is 3.98. The molecule has 1 fully saturated rings. The highest BCUT2D eigenvalue weighted by Gasteiger charge is 2.35. The second-order valence-corrected chi connectivity index (χ2v) is 8.76. The van der Waals surface area contributed by atoms with Crippen molar-refractivity contribution in [1.82, 2.24) is 9.55 Å². The molecular formula is C17H22N2OS2. The Hall–Kier alpha value is -1.07. The number of hydrogen-bond donors (Lipinski definition) is 0. The smallest absolute Gasteiger partial charge is 0.118 e. The lowest BCUT2D eigenvalue weighted by Gasteiger charge is -2.27. The predicted octanol–water partition coefficient (Wildman–Crippen LogP) is 4.09. The molecule has 0 bridgehead atoms. The summed E-state index contributed by atoms with van der Waals surface area (Å²) >= 11 is 4.25. The molecular weight excluding hydrogens is 312 g/mol. The van der Waals surface area contributed by atoms with E-state index in [1.165, 1.54) is 29.9 Å². The molecule has 0 aliphatic carbocycles. The van der Waals surface area contributed by atoms with Gasteiger partial charge in [-0.25, -0.2) is 4.98 Å². The summed E-state index contributed by atoms with van der Waals surface area (Å²) in [6, 6.07) is 8.46. The highest BCUT2D eigenvalue weighted by atomic mass is 32.2. The zero-order valence-electron chi connectivity index (χ0n) is 12.9. The maximum absolute atomic E-state index is 5.21. The Balaban J connectivity index is 1.55. The SMILES string of the molecule is COc1ccc(CCCC2(Cn3ccnc3)SCCS2)cc1. The van der Waals surface area contributed by atoms with Crippen molar-refractivity contribution < 1.29 is 4.74 Å².